The van der Waals surface area contributed by atoms with Crippen LogP contribution >= 0.6 is 23.5 Å². The van der Waals surface area contributed by atoms with Crippen LogP contribution in [0.25, 0.3) is 11.3 Å². The summed E-state index contributed by atoms with van der Waals surface area (Å²) in [6, 6.07) is 0. The van der Waals surface area contributed by atoms with Crippen molar-refractivity contribution in [1.82, 2.24) is 9.55 Å². The van der Waals surface area contributed by atoms with Gasteiger partial charge in [0.1, 0.15) is 22.2 Å². The largest absolute Gasteiger partial charge is 0.386 e. The summed E-state index contributed by atoms with van der Waals surface area (Å²) in [6.07, 6.45) is 13.1. The fraction of sp³-hybridized carbons (Fsp3) is 0.444. The standard InChI is InChI=1S/C23H32N4OS2.C2H3F3.C2H6/c1-8-12-13-16(9-2)21-26-22(30-7)19(20(24)25-5)23(28)27(21)17(10-3)14-15-18(11-4)29-6;1-2(3,4)5;1-2/h8-10,12,14-15H,3,11,13H2,1-2,4-7H3,(H2,24,25);1H3;1-2H3/b12-8-,16-9+,17-14+,18-15+;;. The second-order valence-corrected chi connectivity index (χ2v) is 8.65. The van der Waals surface area contributed by atoms with E-state index in [0.29, 0.717) is 28.5 Å². The zero-order valence-electron chi connectivity index (χ0n) is 23.4. The predicted octanol–water partition coefficient (Wildman–Crippen LogP) is 7.95. The molecule has 0 aliphatic carbocycles. The van der Waals surface area contributed by atoms with E-state index in [2.05, 4.69) is 18.5 Å². The fourth-order valence-electron chi connectivity index (χ4n) is 2.76. The Morgan fingerprint density at radius 2 is 1.78 bits per heavy atom. The van der Waals surface area contributed by atoms with Crippen LogP contribution < -0.4 is 11.3 Å². The van der Waals surface area contributed by atoms with E-state index in [0.717, 1.165) is 12.0 Å². The van der Waals surface area contributed by atoms with Gasteiger partial charge < -0.3 is 5.73 Å². The zero-order chi connectivity index (χ0) is 29.2. The van der Waals surface area contributed by atoms with Crippen LogP contribution in [0.15, 0.2) is 62.8 Å². The van der Waals surface area contributed by atoms with E-state index in [4.69, 9.17) is 10.7 Å². The lowest BCUT2D eigenvalue weighted by molar-refractivity contribution is -0.110. The van der Waals surface area contributed by atoms with Gasteiger partial charge in [0.05, 0.1) is 5.70 Å². The van der Waals surface area contributed by atoms with Crippen molar-refractivity contribution in [2.24, 2.45) is 10.7 Å². The summed E-state index contributed by atoms with van der Waals surface area (Å²) in [6.45, 7) is 14.1. The molecule has 0 aliphatic heterocycles. The van der Waals surface area contributed by atoms with Crippen molar-refractivity contribution >= 4 is 40.6 Å². The maximum absolute atomic E-state index is 13.6. The summed E-state index contributed by atoms with van der Waals surface area (Å²) >= 11 is 3.06. The first-order chi connectivity index (χ1) is 17.4. The van der Waals surface area contributed by atoms with Gasteiger partial charge >= 0.3 is 6.18 Å². The Balaban J connectivity index is 0. The number of hydrogen-bond acceptors (Lipinski definition) is 5. The monoisotopic (exact) mass is 558 g/mol. The Hall–Kier alpha value is -2.46. The second-order valence-electron chi connectivity index (χ2n) is 6.92. The SMILES string of the molecule is C=C/C(=C\C=C(/CC)SC)n1c(/C(=C/C)C/C=C\C)nc(SC)c(C(N)=NC)c1=O.CC.CC(F)(F)F. The van der Waals surface area contributed by atoms with Crippen LogP contribution in [0.5, 0.6) is 0 Å². The van der Waals surface area contributed by atoms with E-state index in [9.17, 15) is 18.0 Å². The lowest BCUT2D eigenvalue weighted by Gasteiger charge is -2.18. The Kier molecular flexibility index (Phi) is 19.5. The molecule has 0 aromatic carbocycles. The molecular formula is C27H41F3N4OS2. The summed E-state index contributed by atoms with van der Waals surface area (Å²) in [7, 11) is 1.57. The Bertz CT molecular complexity index is 1050. The number of alkyl halides is 3. The molecule has 2 N–H and O–H groups in total. The quantitative estimate of drug-likeness (QED) is 0.0788. The Labute approximate surface area is 228 Å². The van der Waals surface area contributed by atoms with Gasteiger partial charge in [0.15, 0.2) is 0 Å². The number of nitrogens with zero attached hydrogens (tertiary/aromatic N) is 3. The molecule has 1 rings (SSSR count). The molecule has 1 heterocycles. The smallest absolute Gasteiger partial charge is 0.383 e. The number of aromatic nitrogens is 2. The lowest BCUT2D eigenvalue weighted by atomic mass is 10.1. The van der Waals surface area contributed by atoms with Crippen LogP contribution in [0.2, 0.25) is 0 Å². The van der Waals surface area contributed by atoms with E-state index in [1.54, 1.807) is 29.5 Å². The molecule has 0 radical (unpaired) electrons. The molecule has 0 atom stereocenters. The molecule has 1 aromatic rings. The molecule has 0 saturated heterocycles. The van der Waals surface area contributed by atoms with Gasteiger partial charge in [-0.3, -0.25) is 14.4 Å². The molecule has 1 aromatic heterocycles. The highest BCUT2D eigenvalue weighted by atomic mass is 32.2. The van der Waals surface area contributed by atoms with E-state index in [-0.39, 0.29) is 18.3 Å². The number of rotatable bonds is 10. The van der Waals surface area contributed by atoms with Crippen molar-refractivity contribution in [3.8, 4) is 0 Å². The average Bonchev–Trinajstić information content (AvgIpc) is 2.87. The highest BCUT2D eigenvalue weighted by Gasteiger charge is 2.21. The molecule has 10 heteroatoms. The minimum atomic E-state index is -4.00. The van der Waals surface area contributed by atoms with Gasteiger partial charge in [-0.2, -0.15) is 13.2 Å². The molecule has 0 bridgehead atoms. The molecule has 208 valence electrons. The zero-order valence-corrected chi connectivity index (χ0v) is 25.0. The van der Waals surface area contributed by atoms with Crippen LogP contribution in [-0.2, 0) is 0 Å². The molecule has 0 spiro atoms. The first kappa shape index (κ1) is 36.7. The molecule has 5 nitrogen and oxygen atoms in total. The van der Waals surface area contributed by atoms with Crippen molar-refractivity contribution in [3.05, 3.63) is 69.7 Å². The van der Waals surface area contributed by atoms with Gasteiger partial charge in [-0.25, -0.2) is 4.98 Å². The van der Waals surface area contributed by atoms with Crippen molar-refractivity contribution < 1.29 is 13.2 Å². The summed E-state index contributed by atoms with van der Waals surface area (Å²) < 4.78 is 32.6. The van der Waals surface area contributed by atoms with Crippen molar-refractivity contribution in [2.45, 2.75) is 65.6 Å². The van der Waals surface area contributed by atoms with Gasteiger partial charge in [-0.05, 0) is 61.8 Å². The average molecular weight is 559 g/mol. The number of allylic oxidation sites excluding steroid dienone is 9. The van der Waals surface area contributed by atoms with Gasteiger partial charge in [0.25, 0.3) is 5.56 Å². The minimum Gasteiger partial charge on any atom is -0.383 e. The van der Waals surface area contributed by atoms with Crippen LogP contribution in [0.3, 0.4) is 0 Å². The van der Waals surface area contributed by atoms with E-state index in [1.807, 2.05) is 70.6 Å². The maximum Gasteiger partial charge on any atom is 0.386 e. The third kappa shape index (κ3) is 13.1. The van der Waals surface area contributed by atoms with Gasteiger partial charge in [0.2, 0.25) is 0 Å². The molecule has 0 aliphatic rings. The van der Waals surface area contributed by atoms with E-state index in [1.165, 1.54) is 16.7 Å². The predicted molar refractivity (Wildman–Crippen MR) is 159 cm³/mol. The summed E-state index contributed by atoms with van der Waals surface area (Å²) in [4.78, 5) is 23.7. The minimum absolute atomic E-state index is 0.171. The third-order valence-electron chi connectivity index (χ3n) is 4.47. The Morgan fingerprint density at radius 1 is 1.22 bits per heavy atom. The van der Waals surface area contributed by atoms with Gasteiger partial charge in [-0.1, -0.05) is 51.7 Å². The first-order valence-corrected chi connectivity index (χ1v) is 14.2. The number of hydrogen-bond donors (Lipinski definition) is 1. The van der Waals surface area contributed by atoms with Crippen LogP contribution in [-0.4, -0.2) is 41.1 Å². The summed E-state index contributed by atoms with van der Waals surface area (Å²) in [5, 5.41) is 0.562. The van der Waals surface area contributed by atoms with E-state index < -0.39 is 6.18 Å². The number of amidine groups is 1. The first-order valence-electron chi connectivity index (χ1n) is 11.8. The lowest BCUT2D eigenvalue weighted by Crippen LogP contribution is -2.33. The maximum atomic E-state index is 13.6. The van der Waals surface area contributed by atoms with Gasteiger partial charge in [-0.15, -0.1) is 23.5 Å². The molecule has 0 amide bonds. The number of halogens is 3. The molecule has 0 unspecified atom stereocenters. The van der Waals surface area contributed by atoms with Gasteiger partial charge in [0, 0.05) is 14.0 Å². The van der Waals surface area contributed by atoms with Crippen LogP contribution in [0.4, 0.5) is 13.2 Å². The fourth-order valence-corrected chi connectivity index (χ4v) is 3.83. The highest BCUT2D eigenvalue weighted by molar-refractivity contribution is 8.02. The molecule has 0 saturated carbocycles. The van der Waals surface area contributed by atoms with E-state index >= 15 is 0 Å². The molecule has 0 fully saturated rings. The molecule has 37 heavy (non-hydrogen) atoms. The second kappa shape index (κ2) is 19.6. The Morgan fingerprint density at radius 3 is 2.16 bits per heavy atom. The van der Waals surface area contributed by atoms with Crippen LogP contribution in [0.1, 0.15) is 65.8 Å². The van der Waals surface area contributed by atoms with Crippen molar-refractivity contribution in [3.63, 3.8) is 0 Å². The third-order valence-corrected chi connectivity index (χ3v) is 6.10. The topological polar surface area (TPSA) is 73.3 Å². The molecular weight excluding hydrogens is 517 g/mol. The normalized spacial score (nSPS) is 13.1. The number of aliphatic imine (C=N–C) groups is 1. The van der Waals surface area contributed by atoms with Crippen molar-refractivity contribution in [2.75, 3.05) is 19.6 Å². The summed E-state index contributed by atoms with van der Waals surface area (Å²) in [5.41, 5.74) is 7.72. The number of thioether (sulfide) groups is 2. The van der Waals surface area contributed by atoms with Crippen molar-refractivity contribution in [1.29, 1.82) is 0 Å². The summed E-state index contributed by atoms with van der Waals surface area (Å²) in [5.74, 6) is 0.754. The van der Waals surface area contributed by atoms with Crippen LogP contribution in [0, 0.1) is 0 Å². The number of nitrogens with two attached hydrogens (primary N) is 1. The highest BCUT2D eigenvalue weighted by Crippen LogP contribution is 2.25.